The lowest BCUT2D eigenvalue weighted by molar-refractivity contribution is 0.178. The van der Waals surface area contributed by atoms with Gasteiger partial charge in [0.2, 0.25) is 10.0 Å². The fourth-order valence-corrected chi connectivity index (χ4v) is 4.41. The van der Waals surface area contributed by atoms with Crippen LogP contribution in [0, 0.1) is 13.8 Å². The molecule has 1 unspecified atom stereocenters. The number of piperidine rings is 1. The summed E-state index contributed by atoms with van der Waals surface area (Å²) in [5.41, 5.74) is 2.86. The fraction of sp³-hybridized carbons (Fsp3) is 0.647. The third-order valence-electron chi connectivity index (χ3n) is 4.53. The molecule has 1 fully saturated rings. The van der Waals surface area contributed by atoms with Gasteiger partial charge in [-0.3, -0.25) is 9.21 Å². The lowest BCUT2D eigenvalue weighted by Gasteiger charge is -2.36. The van der Waals surface area contributed by atoms with Gasteiger partial charge in [0.05, 0.1) is 11.9 Å². The van der Waals surface area contributed by atoms with E-state index in [2.05, 4.69) is 11.8 Å². The first kappa shape index (κ1) is 17.3. The second-order valence-corrected chi connectivity index (χ2v) is 8.39. The first-order chi connectivity index (χ1) is 10.3. The summed E-state index contributed by atoms with van der Waals surface area (Å²) in [4.78, 5) is 2.41. The molecule has 1 atom stereocenters. The van der Waals surface area contributed by atoms with Gasteiger partial charge in [0.15, 0.2) is 0 Å². The number of anilines is 1. The average molecular weight is 324 g/mol. The van der Waals surface area contributed by atoms with Crippen molar-refractivity contribution in [2.24, 2.45) is 0 Å². The van der Waals surface area contributed by atoms with Crippen LogP contribution in [0.2, 0.25) is 0 Å². The molecule has 1 aromatic carbocycles. The number of likely N-dealkylation sites (tertiary alicyclic amines) is 1. The molecule has 2 rings (SSSR count). The van der Waals surface area contributed by atoms with Crippen LogP contribution in [0.15, 0.2) is 18.2 Å². The molecular formula is C17H28N2O2S. The molecule has 0 aromatic heterocycles. The normalized spacial score (nSPS) is 18.2. The quantitative estimate of drug-likeness (QED) is 0.836. The maximum Gasteiger partial charge on any atom is 0.232 e. The van der Waals surface area contributed by atoms with Gasteiger partial charge in [-0.15, -0.1) is 0 Å². The summed E-state index contributed by atoms with van der Waals surface area (Å²) >= 11 is 0. The predicted octanol–water partition coefficient (Wildman–Crippen LogP) is 2.94. The van der Waals surface area contributed by atoms with Crippen LogP contribution in [0.25, 0.3) is 0 Å². The first-order valence-corrected chi connectivity index (χ1v) is 9.93. The molecule has 1 aliphatic heterocycles. The number of hydrogen-bond donors (Lipinski definition) is 0. The predicted molar refractivity (Wildman–Crippen MR) is 93.0 cm³/mol. The smallest absolute Gasteiger partial charge is 0.232 e. The van der Waals surface area contributed by atoms with Gasteiger partial charge < -0.3 is 0 Å². The Morgan fingerprint density at radius 1 is 1.14 bits per heavy atom. The van der Waals surface area contributed by atoms with E-state index in [9.17, 15) is 8.42 Å². The lowest BCUT2D eigenvalue weighted by Crippen LogP contribution is -2.46. The topological polar surface area (TPSA) is 40.6 Å². The van der Waals surface area contributed by atoms with E-state index in [0.29, 0.717) is 6.54 Å². The van der Waals surface area contributed by atoms with Crippen LogP contribution in [0.3, 0.4) is 0 Å². The van der Waals surface area contributed by atoms with Crippen LogP contribution in [-0.4, -0.2) is 45.2 Å². The molecule has 4 nitrogen and oxygen atoms in total. The number of aryl methyl sites for hydroxylation is 2. The van der Waals surface area contributed by atoms with Crippen molar-refractivity contribution in [3.63, 3.8) is 0 Å². The van der Waals surface area contributed by atoms with Crippen molar-refractivity contribution in [3.05, 3.63) is 29.3 Å². The highest BCUT2D eigenvalue weighted by molar-refractivity contribution is 7.92. The first-order valence-electron chi connectivity index (χ1n) is 8.08. The average Bonchev–Trinajstić information content (AvgIpc) is 2.45. The molecule has 1 aromatic rings. The van der Waals surface area contributed by atoms with Crippen molar-refractivity contribution in [1.82, 2.24) is 4.90 Å². The van der Waals surface area contributed by atoms with Gasteiger partial charge in [0, 0.05) is 12.6 Å². The van der Waals surface area contributed by atoms with E-state index in [1.807, 2.05) is 32.0 Å². The third kappa shape index (κ3) is 4.02. The zero-order chi connectivity index (χ0) is 16.3. The third-order valence-corrected chi connectivity index (χ3v) is 5.67. The Labute approximate surface area is 135 Å². The van der Waals surface area contributed by atoms with Gasteiger partial charge in [0.1, 0.15) is 0 Å². The van der Waals surface area contributed by atoms with Gasteiger partial charge >= 0.3 is 0 Å². The minimum Gasteiger partial charge on any atom is -0.299 e. The Morgan fingerprint density at radius 3 is 2.18 bits per heavy atom. The molecule has 22 heavy (non-hydrogen) atoms. The molecule has 1 aliphatic rings. The van der Waals surface area contributed by atoms with Crippen molar-refractivity contribution in [2.75, 3.05) is 30.2 Å². The van der Waals surface area contributed by atoms with E-state index < -0.39 is 10.0 Å². The fourth-order valence-electron chi connectivity index (χ4n) is 3.31. The molecule has 1 saturated heterocycles. The number of sulfonamides is 1. The van der Waals surface area contributed by atoms with Crippen LogP contribution in [0.1, 0.15) is 37.3 Å². The monoisotopic (exact) mass is 324 g/mol. The van der Waals surface area contributed by atoms with Gasteiger partial charge in [0.25, 0.3) is 0 Å². The molecule has 0 saturated carbocycles. The molecule has 0 bridgehead atoms. The second-order valence-electron chi connectivity index (χ2n) is 6.48. The number of benzene rings is 1. The maximum absolute atomic E-state index is 12.4. The van der Waals surface area contributed by atoms with Crippen LogP contribution in [0.5, 0.6) is 0 Å². The summed E-state index contributed by atoms with van der Waals surface area (Å²) in [6, 6.07) is 6.16. The minimum atomic E-state index is -3.29. The van der Waals surface area contributed by atoms with Crippen LogP contribution < -0.4 is 4.31 Å². The van der Waals surface area contributed by atoms with Crippen LogP contribution >= 0.6 is 0 Å². The van der Waals surface area contributed by atoms with Crippen molar-refractivity contribution < 1.29 is 8.42 Å². The summed E-state index contributed by atoms with van der Waals surface area (Å²) in [6.07, 6.45) is 5.02. The number of nitrogens with zero attached hydrogens (tertiary/aromatic N) is 2. The molecule has 0 amide bonds. The van der Waals surface area contributed by atoms with Gasteiger partial charge in [-0.05, 0) is 57.8 Å². The Balaban J connectivity index is 2.28. The Kier molecular flexibility index (Phi) is 5.50. The highest BCUT2D eigenvalue weighted by atomic mass is 32.2. The van der Waals surface area contributed by atoms with Crippen molar-refractivity contribution in [2.45, 2.75) is 46.1 Å². The van der Waals surface area contributed by atoms with E-state index in [-0.39, 0.29) is 6.04 Å². The molecule has 5 heteroatoms. The Bertz CT molecular complexity index is 587. The molecule has 0 radical (unpaired) electrons. The van der Waals surface area contributed by atoms with Gasteiger partial charge in [-0.2, -0.15) is 0 Å². The number of rotatable bonds is 5. The van der Waals surface area contributed by atoms with E-state index in [1.54, 1.807) is 4.31 Å². The van der Waals surface area contributed by atoms with E-state index in [1.165, 1.54) is 25.5 Å². The van der Waals surface area contributed by atoms with Crippen molar-refractivity contribution >= 4 is 15.7 Å². The largest absolute Gasteiger partial charge is 0.299 e. The molecule has 1 heterocycles. The van der Waals surface area contributed by atoms with E-state index in [0.717, 1.165) is 29.9 Å². The highest BCUT2D eigenvalue weighted by Crippen LogP contribution is 2.27. The standard InChI is InChI=1S/C17H28N2O2S/c1-14-9-8-10-15(2)17(14)19(22(4,20)21)13-16(3)18-11-6-5-7-12-18/h8-10,16H,5-7,11-13H2,1-4H3. The summed E-state index contributed by atoms with van der Waals surface area (Å²) in [5.74, 6) is 0. The van der Waals surface area contributed by atoms with Gasteiger partial charge in [-0.25, -0.2) is 8.42 Å². The summed E-state index contributed by atoms with van der Waals surface area (Å²) < 4.78 is 26.3. The zero-order valence-electron chi connectivity index (χ0n) is 14.2. The minimum absolute atomic E-state index is 0.231. The summed E-state index contributed by atoms with van der Waals surface area (Å²) in [7, 11) is -3.29. The number of para-hydroxylation sites is 1. The summed E-state index contributed by atoms with van der Waals surface area (Å²) in [5, 5.41) is 0. The van der Waals surface area contributed by atoms with Crippen LogP contribution in [-0.2, 0) is 10.0 Å². The van der Waals surface area contributed by atoms with E-state index in [4.69, 9.17) is 0 Å². The molecule has 0 spiro atoms. The molecular weight excluding hydrogens is 296 g/mol. The zero-order valence-corrected chi connectivity index (χ0v) is 15.0. The summed E-state index contributed by atoms with van der Waals surface area (Å²) in [6.45, 7) is 8.76. The van der Waals surface area contributed by atoms with Gasteiger partial charge in [-0.1, -0.05) is 24.6 Å². The SMILES string of the molecule is Cc1cccc(C)c1N(CC(C)N1CCCCC1)S(C)(=O)=O. The highest BCUT2D eigenvalue weighted by Gasteiger charge is 2.26. The lowest BCUT2D eigenvalue weighted by atomic mass is 10.1. The number of hydrogen-bond acceptors (Lipinski definition) is 3. The molecule has 0 aliphatic carbocycles. The van der Waals surface area contributed by atoms with E-state index >= 15 is 0 Å². The maximum atomic E-state index is 12.4. The van der Waals surface area contributed by atoms with Crippen molar-refractivity contribution in [3.8, 4) is 0 Å². The Morgan fingerprint density at radius 2 is 1.68 bits per heavy atom. The Hall–Kier alpha value is -1.07. The molecule has 0 N–H and O–H groups in total. The molecule has 124 valence electrons. The van der Waals surface area contributed by atoms with Crippen LogP contribution in [0.4, 0.5) is 5.69 Å². The second kappa shape index (κ2) is 7.01. The van der Waals surface area contributed by atoms with Crippen molar-refractivity contribution in [1.29, 1.82) is 0 Å².